The third-order valence-corrected chi connectivity index (χ3v) is 4.08. The molecule has 1 N–H and O–H groups in total. The molecule has 3 aromatic rings. The van der Waals surface area contributed by atoms with Gasteiger partial charge in [-0.05, 0) is 54.4 Å². The predicted octanol–water partition coefficient (Wildman–Crippen LogP) is 5.46. The average molecular weight is 387 g/mol. The molecular formula is C21H20ClFN2O2. The first-order valence-corrected chi connectivity index (χ1v) is 9.01. The molecule has 27 heavy (non-hydrogen) atoms. The molecule has 6 heteroatoms. The number of hydrogen-bond acceptors (Lipinski definition) is 4. The summed E-state index contributed by atoms with van der Waals surface area (Å²) >= 11 is 6.44. The summed E-state index contributed by atoms with van der Waals surface area (Å²) in [6.45, 7) is 3.21. The smallest absolute Gasteiger partial charge is 0.180 e. The van der Waals surface area contributed by atoms with Gasteiger partial charge in [0.05, 0.1) is 11.6 Å². The van der Waals surface area contributed by atoms with Gasteiger partial charge in [0.25, 0.3) is 0 Å². The Morgan fingerprint density at radius 1 is 1.04 bits per heavy atom. The van der Waals surface area contributed by atoms with Gasteiger partial charge in [-0.3, -0.25) is 0 Å². The molecule has 0 bridgehead atoms. The van der Waals surface area contributed by atoms with E-state index in [-0.39, 0.29) is 12.4 Å². The van der Waals surface area contributed by atoms with Crippen LogP contribution in [0.25, 0.3) is 0 Å². The minimum Gasteiger partial charge on any atom is -0.490 e. The second kappa shape index (κ2) is 9.24. The Bertz CT molecular complexity index is 873. The van der Waals surface area contributed by atoms with E-state index in [9.17, 15) is 4.39 Å². The summed E-state index contributed by atoms with van der Waals surface area (Å²) in [5.41, 5.74) is 1.79. The van der Waals surface area contributed by atoms with Crippen LogP contribution in [0.4, 0.5) is 10.2 Å². The first-order chi connectivity index (χ1) is 13.2. The third-order valence-electron chi connectivity index (χ3n) is 3.80. The fourth-order valence-electron chi connectivity index (χ4n) is 2.52. The number of pyridine rings is 1. The lowest BCUT2D eigenvalue weighted by atomic mass is 10.2. The van der Waals surface area contributed by atoms with E-state index in [0.29, 0.717) is 29.7 Å². The molecular weight excluding hydrogens is 367 g/mol. The number of nitrogens with one attached hydrogen (secondary N) is 1. The van der Waals surface area contributed by atoms with Crippen LogP contribution in [-0.2, 0) is 13.2 Å². The van der Waals surface area contributed by atoms with Gasteiger partial charge >= 0.3 is 0 Å². The highest BCUT2D eigenvalue weighted by Gasteiger charge is 2.13. The van der Waals surface area contributed by atoms with Gasteiger partial charge in [0.2, 0.25) is 0 Å². The van der Waals surface area contributed by atoms with Crippen molar-refractivity contribution in [2.24, 2.45) is 0 Å². The van der Waals surface area contributed by atoms with E-state index in [1.54, 1.807) is 18.3 Å². The normalized spacial score (nSPS) is 10.5. The number of benzene rings is 2. The van der Waals surface area contributed by atoms with Crippen LogP contribution in [0.5, 0.6) is 11.5 Å². The minimum atomic E-state index is -0.281. The number of ether oxygens (including phenoxy) is 2. The average Bonchev–Trinajstić information content (AvgIpc) is 2.68. The van der Waals surface area contributed by atoms with Crippen LogP contribution in [0.3, 0.4) is 0 Å². The predicted molar refractivity (Wildman–Crippen MR) is 105 cm³/mol. The second-order valence-corrected chi connectivity index (χ2v) is 6.23. The maximum Gasteiger partial charge on any atom is 0.180 e. The zero-order chi connectivity index (χ0) is 19.1. The standard InChI is InChI=1S/C21H20ClFN2O2/c1-2-26-19-12-16(13-25-20-5-3-4-10-24-20)11-18(22)21(19)27-14-15-6-8-17(23)9-7-15/h3-12H,2,13-14H2,1H3,(H,24,25). The number of anilines is 1. The van der Waals surface area contributed by atoms with Crippen molar-refractivity contribution >= 4 is 17.4 Å². The summed E-state index contributed by atoms with van der Waals surface area (Å²) in [5, 5.41) is 3.70. The van der Waals surface area contributed by atoms with Crippen LogP contribution < -0.4 is 14.8 Å². The summed E-state index contributed by atoms with van der Waals surface area (Å²) in [6, 6.07) is 15.6. The maximum atomic E-state index is 13.0. The van der Waals surface area contributed by atoms with E-state index >= 15 is 0 Å². The van der Waals surface area contributed by atoms with E-state index in [1.807, 2.05) is 37.3 Å². The lowest BCUT2D eigenvalue weighted by Crippen LogP contribution is -2.04. The SMILES string of the molecule is CCOc1cc(CNc2ccccn2)cc(Cl)c1OCc1ccc(F)cc1. The zero-order valence-corrected chi connectivity index (χ0v) is 15.7. The van der Waals surface area contributed by atoms with Crippen LogP contribution in [0, 0.1) is 5.82 Å². The van der Waals surface area contributed by atoms with Crippen LogP contribution in [-0.4, -0.2) is 11.6 Å². The highest BCUT2D eigenvalue weighted by Crippen LogP contribution is 2.37. The number of halogens is 2. The third kappa shape index (κ3) is 5.34. The quantitative estimate of drug-likeness (QED) is 0.558. The summed E-state index contributed by atoms with van der Waals surface area (Å²) in [4.78, 5) is 4.24. The van der Waals surface area contributed by atoms with Crippen molar-refractivity contribution in [2.45, 2.75) is 20.1 Å². The summed E-state index contributed by atoms with van der Waals surface area (Å²) in [6.07, 6.45) is 1.73. The van der Waals surface area contributed by atoms with Gasteiger partial charge in [-0.15, -0.1) is 0 Å². The van der Waals surface area contributed by atoms with Gasteiger partial charge in [0.15, 0.2) is 11.5 Å². The Hall–Kier alpha value is -2.79. The Balaban J connectivity index is 1.74. The minimum absolute atomic E-state index is 0.269. The molecule has 140 valence electrons. The van der Waals surface area contributed by atoms with E-state index in [4.69, 9.17) is 21.1 Å². The van der Waals surface area contributed by atoms with E-state index in [1.165, 1.54) is 12.1 Å². The molecule has 1 aromatic heterocycles. The molecule has 0 aliphatic carbocycles. The van der Waals surface area contributed by atoms with E-state index < -0.39 is 0 Å². The Morgan fingerprint density at radius 2 is 1.85 bits per heavy atom. The second-order valence-electron chi connectivity index (χ2n) is 5.82. The number of rotatable bonds is 8. The Kier molecular flexibility index (Phi) is 6.49. The molecule has 0 aliphatic heterocycles. The summed E-state index contributed by atoms with van der Waals surface area (Å²) in [7, 11) is 0. The molecule has 0 saturated heterocycles. The molecule has 0 spiro atoms. The molecule has 0 saturated carbocycles. The Morgan fingerprint density at radius 3 is 2.56 bits per heavy atom. The zero-order valence-electron chi connectivity index (χ0n) is 14.9. The molecule has 4 nitrogen and oxygen atoms in total. The van der Waals surface area contributed by atoms with Crippen LogP contribution in [0.1, 0.15) is 18.1 Å². The van der Waals surface area contributed by atoms with Crippen LogP contribution >= 0.6 is 11.6 Å². The van der Waals surface area contributed by atoms with Crippen LogP contribution in [0.2, 0.25) is 5.02 Å². The topological polar surface area (TPSA) is 43.4 Å². The molecule has 3 rings (SSSR count). The van der Waals surface area contributed by atoms with Gasteiger partial charge in [0.1, 0.15) is 18.2 Å². The summed E-state index contributed by atoms with van der Waals surface area (Å²) < 4.78 is 24.6. The van der Waals surface area contributed by atoms with Gasteiger partial charge < -0.3 is 14.8 Å². The molecule has 0 atom stereocenters. The Labute approximate surface area is 162 Å². The van der Waals surface area contributed by atoms with Crippen molar-refractivity contribution in [2.75, 3.05) is 11.9 Å². The number of hydrogen-bond donors (Lipinski definition) is 1. The lowest BCUT2D eigenvalue weighted by Gasteiger charge is -2.16. The first-order valence-electron chi connectivity index (χ1n) is 8.63. The molecule has 2 aromatic carbocycles. The molecule has 1 heterocycles. The van der Waals surface area contributed by atoms with Gasteiger partial charge in [0, 0.05) is 12.7 Å². The highest BCUT2D eigenvalue weighted by molar-refractivity contribution is 6.32. The van der Waals surface area contributed by atoms with E-state index in [0.717, 1.165) is 16.9 Å². The molecule has 0 unspecified atom stereocenters. The molecule has 0 radical (unpaired) electrons. The number of nitrogens with zero attached hydrogens (tertiary/aromatic N) is 1. The van der Waals surface area contributed by atoms with Crippen molar-refractivity contribution in [3.05, 3.63) is 82.8 Å². The van der Waals surface area contributed by atoms with Crippen molar-refractivity contribution in [1.82, 2.24) is 4.98 Å². The van der Waals surface area contributed by atoms with Crippen molar-refractivity contribution in [3.8, 4) is 11.5 Å². The molecule has 0 aliphatic rings. The molecule has 0 fully saturated rings. The fourth-order valence-corrected chi connectivity index (χ4v) is 2.81. The van der Waals surface area contributed by atoms with Crippen molar-refractivity contribution < 1.29 is 13.9 Å². The largest absolute Gasteiger partial charge is 0.490 e. The van der Waals surface area contributed by atoms with Gasteiger partial charge in [-0.25, -0.2) is 9.37 Å². The van der Waals surface area contributed by atoms with Crippen LogP contribution in [0.15, 0.2) is 60.8 Å². The van der Waals surface area contributed by atoms with Crippen molar-refractivity contribution in [3.63, 3.8) is 0 Å². The van der Waals surface area contributed by atoms with Gasteiger partial charge in [-0.2, -0.15) is 0 Å². The van der Waals surface area contributed by atoms with E-state index in [2.05, 4.69) is 10.3 Å². The van der Waals surface area contributed by atoms with Gasteiger partial charge in [-0.1, -0.05) is 29.8 Å². The number of aromatic nitrogens is 1. The molecule has 0 amide bonds. The highest BCUT2D eigenvalue weighted by atomic mass is 35.5. The fraction of sp³-hybridized carbons (Fsp3) is 0.190. The maximum absolute atomic E-state index is 13.0. The first kappa shape index (κ1) is 19.0. The summed E-state index contributed by atoms with van der Waals surface area (Å²) in [5.74, 6) is 1.55. The van der Waals surface area contributed by atoms with Crippen molar-refractivity contribution in [1.29, 1.82) is 0 Å². The monoisotopic (exact) mass is 386 g/mol. The lowest BCUT2D eigenvalue weighted by molar-refractivity contribution is 0.269.